The fraction of sp³-hybridized carbons (Fsp3) is 0.760. The Morgan fingerprint density at radius 3 is 2.68 bits per heavy atom. The van der Waals surface area contributed by atoms with Crippen LogP contribution in [-0.2, 0) is 14.3 Å². The number of hydrogen-bond acceptors (Lipinski definition) is 3. The monoisotopic (exact) mass is 380 g/mol. The van der Waals surface area contributed by atoms with Gasteiger partial charge in [-0.1, -0.05) is 18.1 Å². The van der Waals surface area contributed by atoms with Gasteiger partial charge < -0.3 is 4.74 Å². The summed E-state index contributed by atoms with van der Waals surface area (Å²) in [6.07, 6.45) is 16.1. The molecule has 6 rings (SSSR count). The highest BCUT2D eigenvalue weighted by molar-refractivity contribution is 5.85. The Balaban J connectivity index is 1.42. The molecule has 3 fully saturated rings. The highest BCUT2D eigenvalue weighted by Crippen LogP contribution is 2.70. The van der Waals surface area contributed by atoms with E-state index in [2.05, 4.69) is 13.0 Å². The molecule has 1 spiro atoms. The van der Waals surface area contributed by atoms with E-state index in [9.17, 15) is 9.59 Å². The van der Waals surface area contributed by atoms with Crippen molar-refractivity contribution in [2.75, 3.05) is 0 Å². The van der Waals surface area contributed by atoms with E-state index >= 15 is 0 Å². The molecule has 0 radical (unpaired) electrons. The maximum atomic E-state index is 12.2. The molecule has 4 unspecified atom stereocenters. The van der Waals surface area contributed by atoms with Crippen molar-refractivity contribution in [3.63, 3.8) is 0 Å². The van der Waals surface area contributed by atoms with E-state index in [1.807, 2.05) is 0 Å². The van der Waals surface area contributed by atoms with Gasteiger partial charge >= 0.3 is 5.97 Å². The molecule has 0 bridgehead atoms. The predicted octanol–water partition coefficient (Wildman–Crippen LogP) is 5.15. The minimum atomic E-state index is -0.334. The molecule has 0 aromatic rings. The number of hydrogen-bond donors (Lipinski definition) is 0. The van der Waals surface area contributed by atoms with E-state index in [1.54, 1.807) is 17.2 Å². The molecule has 6 aliphatic rings. The van der Waals surface area contributed by atoms with Gasteiger partial charge in [0, 0.05) is 24.3 Å². The maximum Gasteiger partial charge on any atom is 0.331 e. The highest BCUT2D eigenvalue weighted by Gasteiger charge is 2.67. The Kier molecular flexibility index (Phi) is 3.64. The van der Waals surface area contributed by atoms with Gasteiger partial charge in [0.25, 0.3) is 0 Å². The Bertz CT molecular complexity index is 803. The van der Waals surface area contributed by atoms with Crippen LogP contribution in [0.3, 0.4) is 0 Å². The first-order valence-electron chi connectivity index (χ1n) is 11.7. The number of fused-ring (bicyclic) bond motifs is 5. The van der Waals surface area contributed by atoms with E-state index < -0.39 is 0 Å². The van der Waals surface area contributed by atoms with Crippen molar-refractivity contribution in [1.29, 1.82) is 0 Å². The molecule has 1 heterocycles. The molecule has 0 saturated heterocycles. The topological polar surface area (TPSA) is 43.4 Å². The summed E-state index contributed by atoms with van der Waals surface area (Å²) < 4.78 is 6.08. The Labute approximate surface area is 168 Å². The average molecular weight is 381 g/mol. The Morgan fingerprint density at radius 2 is 1.96 bits per heavy atom. The third-order valence-electron chi connectivity index (χ3n) is 9.80. The lowest BCUT2D eigenvalue weighted by Crippen LogP contribution is -2.54. The number of Topliss-reactive ketones (excluding diaryl/α,β-unsaturated/α-hetero) is 1. The number of carbonyl (C=O) groups is 2. The smallest absolute Gasteiger partial charge is 0.331 e. The molecule has 1 aliphatic heterocycles. The molecule has 0 aromatic carbocycles. The van der Waals surface area contributed by atoms with Crippen LogP contribution in [0.1, 0.15) is 77.6 Å². The van der Waals surface area contributed by atoms with Crippen molar-refractivity contribution >= 4 is 11.8 Å². The quantitative estimate of drug-likeness (QED) is 0.491. The lowest BCUT2D eigenvalue weighted by atomic mass is 9.48. The molecule has 3 heteroatoms. The lowest BCUT2D eigenvalue weighted by Gasteiger charge is -2.57. The van der Waals surface area contributed by atoms with Crippen LogP contribution in [0.25, 0.3) is 0 Å². The summed E-state index contributed by atoms with van der Waals surface area (Å²) in [7, 11) is 0. The summed E-state index contributed by atoms with van der Waals surface area (Å²) in [4.78, 5) is 24.2. The first-order chi connectivity index (χ1) is 13.6. The van der Waals surface area contributed by atoms with E-state index in [4.69, 9.17) is 4.74 Å². The van der Waals surface area contributed by atoms with Crippen molar-refractivity contribution in [3.05, 3.63) is 23.3 Å². The van der Waals surface area contributed by atoms with Crippen LogP contribution in [-0.4, -0.2) is 17.4 Å². The second-order valence-corrected chi connectivity index (χ2v) is 10.6. The number of ketones is 1. The fourth-order valence-electron chi connectivity index (χ4n) is 8.61. The fourth-order valence-corrected chi connectivity index (χ4v) is 8.61. The number of carbonyl (C=O) groups excluding carboxylic acids is 2. The normalized spacial score (nSPS) is 47.2. The van der Waals surface area contributed by atoms with Crippen molar-refractivity contribution in [2.45, 2.75) is 83.2 Å². The summed E-state index contributed by atoms with van der Waals surface area (Å²) in [5, 5.41) is 0. The molecule has 150 valence electrons. The predicted molar refractivity (Wildman–Crippen MR) is 106 cm³/mol. The third kappa shape index (κ3) is 2.17. The van der Waals surface area contributed by atoms with E-state index in [1.165, 1.54) is 38.5 Å². The lowest BCUT2D eigenvalue weighted by molar-refractivity contribution is -0.164. The summed E-state index contributed by atoms with van der Waals surface area (Å²) >= 11 is 0. The zero-order valence-electron chi connectivity index (χ0n) is 17.0. The van der Waals surface area contributed by atoms with Gasteiger partial charge in [0.05, 0.1) is 0 Å². The summed E-state index contributed by atoms with van der Waals surface area (Å²) in [6, 6.07) is 0. The molecule has 3 nitrogen and oxygen atoms in total. The number of rotatable bonds is 2. The van der Waals surface area contributed by atoms with Crippen LogP contribution in [0.4, 0.5) is 0 Å². The molecule has 0 amide bonds. The van der Waals surface area contributed by atoms with Crippen LogP contribution in [0, 0.1) is 35.0 Å². The number of ether oxygens (including phenoxy) is 1. The van der Waals surface area contributed by atoms with Gasteiger partial charge in [-0.3, -0.25) is 4.79 Å². The van der Waals surface area contributed by atoms with E-state index in [0.29, 0.717) is 17.6 Å². The largest absolute Gasteiger partial charge is 0.451 e. The minimum Gasteiger partial charge on any atom is -0.451 e. The molecule has 3 saturated carbocycles. The van der Waals surface area contributed by atoms with Gasteiger partial charge in [0.1, 0.15) is 11.4 Å². The minimum absolute atomic E-state index is 0.131. The van der Waals surface area contributed by atoms with Crippen LogP contribution >= 0.6 is 0 Å². The first-order valence-corrected chi connectivity index (χ1v) is 11.7. The summed E-state index contributed by atoms with van der Waals surface area (Å²) in [5.41, 5.74) is 3.02. The van der Waals surface area contributed by atoms with Crippen LogP contribution in [0.15, 0.2) is 23.3 Å². The van der Waals surface area contributed by atoms with Crippen molar-refractivity contribution in [1.82, 2.24) is 0 Å². The van der Waals surface area contributed by atoms with Gasteiger partial charge in [-0.05, 0) is 93.5 Å². The highest BCUT2D eigenvalue weighted by atomic mass is 16.6. The Morgan fingerprint density at radius 1 is 1.11 bits per heavy atom. The van der Waals surface area contributed by atoms with Gasteiger partial charge in [0.2, 0.25) is 0 Å². The molecule has 6 atom stereocenters. The van der Waals surface area contributed by atoms with Gasteiger partial charge in [-0.2, -0.15) is 0 Å². The average Bonchev–Trinajstić information content (AvgIpc) is 3.40. The van der Waals surface area contributed by atoms with Crippen LogP contribution < -0.4 is 0 Å². The molecular weight excluding hydrogens is 348 g/mol. The maximum absolute atomic E-state index is 12.2. The van der Waals surface area contributed by atoms with Gasteiger partial charge in [-0.15, -0.1) is 0 Å². The Hall–Kier alpha value is -1.38. The molecule has 28 heavy (non-hydrogen) atoms. The van der Waals surface area contributed by atoms with E-state index in [0.717, 1.165) is 49.9 Å². The number of esters is 1. The van der Waals surface area contributed by atoms with Crippen molar-refractivity contribution in [2.24, 2.45) is 35.0 Å². The number of allylic oxidation sites excluding steroid dienone is 2. The SMILES string of the molecule is CC[C@]12CCC3C4=C(CC(=O)CC4)CC(C4CC4)C3C1CC[C@@]21C=CC(=O)O1. The molecule has 0 aromatic heterocycles. The summed E-state index contributed by atoms with van der Waals surface area (Å²) in [5.74, 6) is 4.10. The molecule has 0 N–H and O–H groups in total. The van der Waals surface area contributed by atoms with E-state index in [-0.39, 0.29) is 17.0 Å². The third-order valence-corrected chi connectivity index (χ3v) is 9.80. The van der Waals surface area contributed by atoms with Crippen molar-refractivity contribution in [3.8, 4) is 0 Å². The standard InChI is InChI=1S/C25H32O3/c1-2-24-10-7-19-18-6-5-17(26)13-16(18)14-20(15-3-4-15)23(19)21(24)8-11-25(24)12-9-22(27)28-25/h9,12,15,19-21,23H,2-8,10-11,13-14H2,1H3/t19?,20?,21?,23?,24-,25+/m0/s1. The van der Waals surface area contributed by atoms with Crippen LogP contribution in [0.5, 0.6) is 0 Å². The van der Waals surface area contributed by atoms with Crippen LogP contribution in [0.2, 0.25) is 0 Å². The molecule has 5 aliphatic carbocycles. The zero-order chi connectivity index (χ0) is 19.1. The van der Waals surface area contributed by atoms with Crippen molar-refractivity contribution < 1.29 is 14.3 Å². The van der Waals surface area contributed by atoms with Gasteiger partial charge in [-0.25, -0.2) is 4.79 Å². The molecular formula is C25H32O3. The second kappa shape index (κ2) is 5.83. The zero-order valence-corrected chi connectivity index (χ0v) is 17.0. The second-order valence-electron chi connectivity index (χ2n) is 10.6. The van der Waals surface area contributed by atoms with Gasteiger partial charge in [0.15, 0.2) is 0 Å². The first kappa shape index (κ1) is 17.5. The summed E-state index contributed by atoms with van der Waals surface area (Å²) in [6.45, 7) is 2.33.